The van der Waals surface area contributed by atoms with Gasteiger partial charge in [-0.1, -0.05) is 6.08 Å². The molecule has 18 heavy (non-hydrogen) atoms. The van der Waals surface area contributed by atoms with Gasteiger partial charge in [-0.25, -0.2) is 4.79 Å². The highest BCUT2D eigenvalue weighted by Gasteiger charge is 2.35. The van der Waals surface area contributed by atoms with Gasteiger partial charge in [0.25, 0.3) is 0 Å². The van der Waals surface area contributed by atoms with E-state index in [1.54, 1.807) is 4.90 Å². The quantitative estimate of drug-likeness (QED) is 0.787. The Balaban J connectivity index is 2.53. The lowest BCUT2D eigenvalue weighted by Gasteiger charge is -2.41. The van der Waals surface area contributed by atoms with Crippen LogP contribution in [-0.4, -0.2) is 36.2 Å². The Kier molecular flexibility index (Phi) is 4.79. The number of nitrogens with two attached hydrogens (primary N) is 1. The van der Waals surface area contributed by atoms with Gasteiger partial charge in [0.1, 0.15) is 5.60 Å². The maximum atomic E-state index is 11.9. The molecule has 0 aliphatic carbocycles. The minimum absolute atomic E-state index is 0.125. The van der Waals surface area contributed by atoms with Crippen LogP contribution in [0.25, 0.3) is 0 Å². The zero-order chi connectivity index (χ0) is 13.8. The fraction of sp³-hybridized carbons (Fsp3) is 0.786. The van der Waals surface area contributed by atoms with Crippen LogP contribution in [0, 0.1) is 5.41 Å². The highest BCUT2D eigenvalue weighted by molar-refractivity contribution is 5.68. The Labute approximate surface area is 110 Å². The summed E-state index contributed by atoms with van der Waals surface area (Å²) < 4.78 is 5.37. The number of allylic oxidation sites excluding steroid dienone is 1. The second-order valence-electron chi connectivity index (χ2n) is 6.16. The van der Waals surface area contributed by atoms with Gasteiger partial charge in [-0.3, -0.25) is 0 Å². The lowest BCUT2D eigenvalue weighted by atomic mass is 9.76. The summed E-state index contributed by atoms with van der Waals surface area (Å²) in [7, 11) is 0. The Morgan fingerprint density at radius 2 is 2.00 bits per heavy atom. The first-order chi connectivity index (χ1) is 8.32. The molecule has 4 nitrogen and oxygen atoms in total. The van der Waals surface area contributed by atoms with E-state index in [9.17, 15) is 4.79 Å². The van der Waals surface area contributed by atoms with Gasteiger partial charge in [-0.05, 0) is 52.0 Å². The SMILES string of the molecule is C=CCC1(CN)CCN(C(=O)OC(C)(C)C)CC1. The number of hydrogen-bond donors (Lipinski definition) is 1. The average Bonchev–Trinajstić information content (AvgIpc) is 2.28. The van der Waals surface area contributed by atoms with E-state index in [1.165, 1.54) is 0 Å². The zero-order valence-corrected chi connectivity index (χ0v) is 11.9. The van der Waals surface area contributed by atoms with Gasteiger partial charge in [0.15, 0.2) is 0 Å². The Bertz CT molecular complexity index is 299. The number of nitrogens with zero attached hydrogens (tertiary/aromatic N) is 1. The Morgan fingerprint density at radius 1 is 1.44 bits per heavy atom. The van der Waals surface area contributed by atoms with Crippen LogP contribution in [0.1, 0.15) is 40.0 Å². The number of amides is 1. The first-order valence-corrected chi connectivity index (χ1v) is 6.61. The third kappa shape index (κ3) is 4.02. The summed E-state index contributed by atoms with van der Waals surface area (Å²) in [6, 6.07) is 0. The van der Waals surface area contributed by atoms with Gasteiger partial charge >= 0.3 is 6.09 Å². The molecule has 1 amide bonds. The van der Waals surface area contributed by atoms with Crippen LogP contribution in [0.2, 0.25) is 0 Å². The normalized spacial score (nSPS) is 19.4. The molecule has 0 aromatic rings. The molecule has 2 N–H and O–H groups in total. The summed E-state index contributed by atoms with van der Waals surface area (Å²) >= 11 is 0. The molecule has 0 saturated carbocycles. The second-order valence-corrected chi connectivity index (χ2v) is 6.16. The number of piperidine rings is 1. The summed E-state index contributed by atoms with van der Waals surface area (Å²) in [5.74, 6) is 0. The van der Waals surface area contributed by atoms with Crippen molar-refractivity contribution < 1.29 is 9.53 Å². The molecular weight excluding hydrogens is 228 g/mol. The largest absolute Gasteiger partial charge is 0.444 e. The lowest BCUT2D eigenvalue weighted by Crippen LogP contribution is -2.47. The first kappa shape index (κ1) is 15.0. The van der Waals surface area contributed by atoms with Gasteiger partial charge in [-0.15, -0.1) is 6.58 Å². The van der Waals surface area contributed by atoms with Gasteiger partial charge in [-0.2, -0.15) is 0 Å². The van der Waals surface area contributed by atoms with Gasteiger partial charge in [0, 0.05) is 13.1 Å². The number of hydrogen-bond acceptors (Lipinski definition) is 3. The third-order valence-electron chi connectivity index (χ3n) is 3.49. The monoisotopic (exact) mass is 254 g/mol. The number of carbonyl (C=O) groups is 1. The molecule has 0 aromatic carbocycles. The van der Waals surface area contributed by atoms with Crippen molar-refractivity contribution in [1.29, 1.82) is 0 Å². The highest BCUT2D eigenvalue weighted by Crippen LogP contribution is 2.34. The van der Waals surface area contributed by atoms with Crippen molar-refractivity contribution >= 4 is 6.09 Å². The van der Waals surface area contributed by atoms with E-state index < -0.39 is 5.60 Å². The van der Waals surface area contributed by atoms with Crippen LogP contribution >= 0.6 is 0 Å². The maximum Gasteiger partial charge on any atom is 0.410 e. The predicted molar refractivity (Wildman–Crippen MR) is 73.3 cm³/mol. The van der Waals surface area contributed by atoms with Crippen molar-refractivity contribution in [3.05, 3.63) is 12.7 Å². The fourth-order valence-electron chi connectivity index (χ4n) is 2.29. The van der Waals surface area contributed by atoms with Crippen LogP contribution < -0.4 is 5.73 Å². The lowest BCUT2D eigenvalue weighted by molar-refractivity contribution is 0.0112. The molecule has 4 heteroatoms. The van der Waals surface area contributed by atoms with E-state index in [2.05, 4.69) is 6.58 Å². The van der Waals surface area contributed by atoms with E-state index in [-0.39, 0.29) is 11.5 Å². The molecule has 1 fully saturated rings. The van der Waals surface area contributed by atoms with Crippen molar-refractivity contribution in [3.8, 4) is 0 Å². The van der Waals surface area contributed by atoms with Crippen LogP contribution in [0.3, 0.4) is 0 Å². The summed E-state index contributed by atoms with van der Waals surface area (Å²) in [4.78, 5) is 13.7. The van der Waals surface area contributed by atoms with Crippen LogP contribution in [0.4, 0.5) is 4.79 Å². The minimum atomic E-state index is -0.430. The summed E-state index contributed by atoms with van der Waals surface area (Å²) in [6.45, 7) is 11.5. The molecule has 1 saturated heterocycles. The zero-order valence-electron chi connectivity index (χ0n) is 11.9. The van der Waals surface area contributed by atoms with Gasteiger partial charge < -0.3 is 15.4 Å². The predicted octanol–water partition coefficient (Wildman–Crippen LogP) is 2.54. The Hall–Kier alpha value is -1.03. The first-order valence-electron chi connectivity index (χ1n) is 6.61. The average molecular weight is 254 g/mol. The van der Waals surface area contributed by atoms with E-state index >= 15 is 0 Å². The highest BCUT2D eigenvalue weighted by atomic mass is 16.6. The van der Waals surface area contributed by atoms with Crippen LogP contribution in [0.5, 0.6) is 0 Å². The summed E-state index contributed by atoms with van der Waals surface area (Å²) in [6.07, 6.45) is 4.48. The minimum Gasteiger partial charge on any atom is -0.444 e. The molecule has 104 valence electrons. The number of carbonyl (C=O) groups excluding carboxylic acids is 1. The molecule has 0 spiro atoms. The molecule has 0 unspecified atom stereocenters. The van der Waals surface area contributed by atoms with E-state index in [0.717, 1.165) is 32.4 Å². The van der Waals surface area contributed by atoms with Crippen LogP contribution in [-0.2, 0) is 4.74 Å². The number of rotatable bonds is 3. The molecule has 1 heterocycles. The van der Waals surface area contributed by atoms with E-state index in [0.29, 0.717) is 6.54 Å². The van der Waals surface area contributed by atoms with Crippen molar-refractivity contribution in [2.45, 2.75) is 45.6 Å². The van der Waals surface area contributed by atoms with E-state index in [1.807, 2.05) is 26.8 Å². The summed E-state index contributed by atoms with van der Waals surface area (Å²) in [5, 5.41) is 0. The van der Waals surface area contributed by atoms with Gasteiger partial charge in [0.05, 0.1) is 0 Å². The number of ether oxygens (including phenoxy) is 1. The molecule has 0 bridgehead atoms. The molecule has 1 aliphatic heterocycles. The molecule has 1 aliphatic rings. The van der Waals surface area contributed by atoms with Crippen molar-refractivity contribution in [2.75, 3.05) is 19.6 Å². The van der Waals surface area contributed by atoms with Gasteiger partial charge in [0.2, 0.25) is 0 Å². The topological polar surface area (TPSA) is 55.6 Å². The molecule has 0 atom stereocenters. The van der Waals surface area contributed by atoms with Crippen molar-refractivity contribution in [1.82, 2.24) is 4.90 Å². The fourth-order valence-corrected chi connectivity index (χ4v) is 2.29. The standard InChI is InChI=1S/C14H26N2O2/c1-5-6-14(11-15)7-9-16(10-8-14)12(17)18-13(2,3)4/h5H,1,6-11,15H2,2-4H3. The maximum absolute atomic E-state index is 11.9. The molecule has 0 aromatic heterocycles. The Morgan fingerprint density at radius 3 is 2.39 bits per heavy atom. The molecule has 1 rings (SSSR count). The summed E-state index contributed by atoms with van der Waals surface area (Å²) in [5.41, 5.74) is 5.56. The number of likely N-dealkylation sites (tertiary alicyclic amines) is 1. The van der Waals surface area contributed by atoms with E-state index in [4.69, 9.17) is 10.5 Å². The van der Waals surface area contributed by atoms with Crippen LogP contribution in [0.15, 0.2) is 12.7 Å². The van der Waals surface area contributed by atoms with Crippen molar-refractivity contribution in [3.63, 3.8) is 0 Å². The third-order valence-corrected chi connectivity index (χ3v) is 3.49. The molecular formula is C14H26N2O2. The molecule has 0 radical (unpaired) electrons. The smallest absolute Gasteiger partial charge is 0.410 e. The second kappa shape index (κ2) is 5.74. The van der Waals surface area contributed by atoms with Crippen molar-refractivity contribution in [2.24, 2.45) is 11.1 Å².